The second-order valence-corrected chi connectivity index (χ2v) is 7.65. The minimum absolute atomic E-state index is 0.0258. The summed E-state index contributed by atoms with van der Waals surface area (Å²) in [7, 11) is 0. The molecule has 0 heterocycles. The topological polar surface area (TPSA) is 105 Å². The van der Waals surface area contributed by atoms with E-state index < -0.39 is 12.1 Å². The van der Waals surface area contributed by atoms with Crippen molar-refractivity contribution in [1.82, 2.24) is 10.6 Å². The highest BCUT2D eigenvalue weighted by atomic mass is 16.5. The van der Waals surface area contributed by atoms with Gasteiger partial charge in [-0.2, -0.15) is 0 Å². The van der Waals surface area contributed by atoms with E-state index in [0.717, 1.165) is 28.7 Å². The number of fused-ring (bicyclic) bond motifs is 3. The first kappa shape index (κ1) is 22.3. The molecule has 1 atom stereocenters. The minimum Gasteiger partial charge on any atom is -0.481 e. The molecule has 0 spiro atoms. The average Bonchev–Trinajstić information content (AvgIpc) is 3.06. The number of ether oxygens (including phenoxy) is 1. The van der Waals surface area contributed by atoms with Crippen LogP contribution in [0.2, 0.25) is 0 Å². The lowest BCUT2D eigenvalue weighted by Crippen LogP contribution is -2.40. The molecule has 3 rings (SSSR count). The summed E-state index contributed by atoms with van der Waals surface area (Å²) in [4.78, 5) is 35.0. The minimum atomic E-state index is -0.970. The summed E-state index contributed by atoms with van der Waals surface area (Å²) < 4.78 is 5.55. The number of carbonyl (C=O) groups excluding carboxylic acids is 2. The van der Waals surface area contributed by atoms with Gasteiger partial charge in [0.1, 0.15) is 6.61 Å². The Kier molecular flexibility index (Phi) is 7.65. The molecule has 3 N–H and O–H groups in total. The van der Waals surface area contributed by atoms with Crippen LogP contribution in [0.15, 0.2) is 48.5 Å². The highest BCUT2D eigenvalue weighted by molar-refractivity contribution is 5.80. The van der Waals surface area contributed by atoms with Crippen LogP contribution in [0.1, 0.15) is 49.7 Å². The first-order valence-corrected chi connectivity index (χ1v) is 10.6. The molecular weight excluding hydrogens is 396 g/mol. The molecule has 31 heavy (non-hydrogen) atoms. The number of rotatable bonds is 10. The fraction of sp³-hybridized carbons (Fsp3) is 0.375. The fourth-order valence-corrected chi connectivity index (χ4v) is 3.99. The molecule has 7 heteroatoms. The van der Waals surface area contributed by atoms with Gasteiger partial charge in [0.2, 0.25) is 5.91 Å². The molecule has 0 bridgehead atoms. The number of nitrogens with one attached hydrogen (secondary N) is 2. The summed E-state index contributed by atoms with van der Waals surface area (Å²) in [6, 6.07) is 15.9. The maximum Gasteiger partial charge on any atom is 0.407 e. The Morgan fingerprint density at radius 1 is 1.03 bits per heavy atom. The molecule has 0 aromatic heterocycles. The summed E-state index contributed by atoms with van der Waals surface area (Å²) in [5.41, 5.74) is 4.60. The van der Waals surface area contributed by atoms with E-state index in [0.29, 0.717) is 6.42 Å². The van der Waals surface area contributed by atoms with Gasteiger partial charge in [0.15, 0.2) is 0 Å². The van der Waals surface area contributed by atoms with Crippen molar-refractivity contribution in [2.24, 2.45) is 0 Å². The Morgan fingerprint density at radius 3 is 2.23 bits per heavy atom. The molecule has 0 aliphatic heterocycles. The third-order valence-corrected chi connectivity index (χ3v) is 5.40. The van der Waals surface area contributed by atoms with Gasteiger partial charge < -0.3 is 20.5 Å². The van der Waals surface area contributed by atoms with E-state index in [1.165, 1.54) is 0 Å². The molecule has 2 aromatic rings. The van der Waals surface area contributed by atoms with E-state index in [4.69, 9.17) is 9.84 Å². The Bertz CT molecular complexity index is 898. The number of hydrogen-bond acceptors (Lipinski definition) is 4. The van der Waals surface area contributed by atoms with Crippen molar-refractivity contribution < 1.29 is 24.2 Å². The largest absolute Gasteiger partial charge is 0.481 e. The van der Waals surface area contributed by atoms with Crippen LogP contribution in [0.25, 0.3) is 11.1 Å². The molecule has 2 amide bonds. The third kappa shape index (κ3) is 5.84. The van der Waals surface area contributed by atoms with Crippen LogP contribution in [0, 0.1) is 0 Å². The molecule has 0 radical (unpaired) electrons. The monoisotopic (exact) mass is 424 g/mol. The van der Waals surface area contributed by atoms with Crippen molar-refractivity contribution in [3.63, 3.8) is 0 Å². The van der Waals surface area contributed by atoms with E-state index in [1.807, 2.05) is 31.2 Å². The molecule has 1 aliphatic rings. The van der Waals surface area contributed by atoms with Crippen molar-refractivity contribution in [1.29, 1.82) is 0 Å². The van der Waals surface area contributed by atoms with Gasteiger partial charge in [-0.1, -0.05) is 61.9 Å². The maximum atomic E-state index is 12.5. The standard InChI is InChI=1S/C24H28N2O5/c1-2-7-16(14-22(27)25-13-12-23(28)29)26-24(30)31-15-21-19-10-5-3-8-17(19)18-9-4-6-11-20(18)21/h3-6,8-11,16,21H,2,7,12-15H2,1H3,(H,25,27)(H,26,30)(H,28,29)/t16-/m1/s1. The van der Waals surface area contributed by atoms with Crippen LogP contribution < -0.4 is 10.6 Å². The summed E-state index contributed by atoms with van der Waals surface area (Å²) in [5.74, 6) is -1.29. The van der Waals surface area contributed by atoms with Gasteiger partial charge in [-0.05, 0) is 28.7 Å². The predicted molar refractivity (Wildman–Crippen MR) is 117 cm³/mol. The third-order valence-electron chi connectivity index (χ3n) is 5.40. The van der Waals surface area contributed by atoms with Gasteiger partial charge in [0.25, 0.3) is 0 Å². The number of carboxylic acids is 1. The van der Waals surface area contributed by atoms with Gasteiger partial charge in [-0.3, -0.25) is 9.59 Å². The van der Waals surface area contributed by atoms with Crippen molar-refractivity contribution in [3.8, 4) is 11.1 Å². The van der Waals surface area contributed by atoms with E-state index in [9.17, 15) is 14.4 Å². The van der Waals surface area contributed by atoms with Crippen LogP contribution in [0.3, 0.4) is 0 Å². The van der Waals surface area contributed by atoms with Crippen LogP contribution >= 0.6 is 0 Å². The fourth-order valence-electron chi connectivity index (χ4n) is 3.99. The highest BCUT2D eigenvalue weighted by Crippen LogP contribution is 2.44. The second kappa shape index (κ2) is 10.6. The second-order valence-electron chi connectivity index (χ2n) is 7.65. The lowest BCUT2D eigenvalue weighted by molar-refractivity contribution is -0.136. The summed E-state index contributed by atoms with van der Waals surface area (Å²) in [5, 5.41) is 14.0. The number of carboxylic acid groups (broad SMARTS) is 1. The number of hydrogen-bond donors (Lipinski definition) is 3. The molecule has 2 aromatic carbocycles. The Labute approximate surface area is 181 Å². The number of amides is 2. The summed E-state index contributed by atoms with van der Waals surface area (Å²) in [6.45, 7) is 2.25. The summed E-state index contributed by atoms with van der Waals surface area (Å²) >= 11 is 0. The molecule has 0 fully saturated rings. The van der Waals surface area contributed by atoms with E-state index in [2.05, 4.69) is 34.9 Å². The molecular formula is C24H28N2O5. The first-order chi connectivity index (χ1) is 15.0. The zero-order valence-electron chi connectivity index (χ0n) is 17.6. The average molecular weight is 424 g/mol. The normalized spacial score (nSPS) is 13.1. The Hall–Kier alpha value is -3.35. The molecule has 0 unspecified atom stereocenters. The van der Waals surface area contributed by atoms with Gasteiger partial charge in [-0.15, -0.1) is 0 Å². The quantitative estimate of drug-likeness (QED) is 0.540. The van der Waals surface area contributed by atoms with Crippen LogP contribution in [0.5, 0.6) is 0 Å². The molecule has 1 aliphatic carbocycles. The van der Waals surface area contributed by atoms with Crippen LogP contribution in [-0.4, -0.2) is 42.3 Å². The number of aliphatic carboxylic acids is 1. The van der Waals surface area contributed by atoms with Crippen molar-refractivity contribution in [3.05, 3.63) is 59.7 Å². The SMILES string of the molecule is CCC[C@H](CC(=O)NCCC(=O)O)NC(=O)OCC1c2ccccc2-c2ccccc21. The van der Waals surface area contributed by atoms with Gasteiger partial charge in [0, 0.05) is 24.9 Å². The number of carbonyl (C=O) groups is 3. The number of benzene rings is 2. The van der Waals surface area contributed by atoms with E-state index >= 15 is 0 Å². The lowest BCUT2D eigenvalue weighted by atomic mass is 9.98. The molecule has 0 saturated heterocycles. The van der Waals surface area contributed by atoms with Crippen molar-refractivity contribution in [2.45, 2.75) is 44.6 Å². The van der Waals surface area contributed by atoms with Gasteiger partial charge >= 0.3 is 12.1 Å². The molecule has 7 nitrogen and oxygen atoms in total. The van der Waals surface area contributed by atoms with Crippen LogP contribution in [0.4, 0.5) is 4.79 Å². The van der Waals surface area contributed by atoms with Crippen LogP contribution in [-0.2, 0) is 14.3 Å². The zero-order chi connectivity index (χ0) is 22.2. The van der Waals surface area contributed by atoms with E-state index in [1.54, 1.807) is 0 Å². The number of alkyl carbamates (subject to hydrolysis) is 1. The summed E-state index contributed by atoms with van der Waals surface area (Å²) in [6.07, 6.45) is 0.799. The lowest BCUT2D eigenvalue weighted by Gasteiger charge is -2.19. The highest BCUT2D eigenvalue weighted by Gasteiger charge is 2.29. The first-order valence-electron chi connectivity index (χ1n) is 10.6. The predicted octanol–water partition coefficient (Wildman–Crippen LogP) is 3.67. The smallest absolute Gasteiger partial charge is 0.407 e. The Balaban J connectivity index is 1.56. The Morgan fingerprint density at radius 2 is 1.65 bits per heavy atom. The molecule has 164 valence electrons. The zero-order valence-corrected chi connectivity index (χ0v) is 17.6. The van der Waals surface area contributed by atoms with E-state index in [-0.39, 0.29) is 43.9 Å². The molecule has 0 saturated carbocycles. The maximum absolute atomic E-state index is 12.5. The van der Waals surface area contributed by atoms with Gasteiger partial charge in [-0.25, -0.2) is 4.79 Å². The van der Waals surface area contributed by atoms with Crippen molar-refractivity contribution >= 4 is 18.0 Å². The van der Waals surface area contributed by atoms with Crippen molar-refractivity contribution in [2.75, 3.05) is 13.2 Å². The van der Waals surface area contributed by atoms with Gasteiger partial charge in [0.05, 0.1) is 6.42 Å².